The van der Waals surface area contributed by atoms with Gasteiger partial charge in [0.1, 0.15) is 34.5 Å². The van der Waals surface area contributed by atoms with Crippen molar-refractivity contribution in [1.82, 2.24) is 40.7 Å². The van der Waals surface area contributed by atoms with E-state index < -0.39 is 63.8 Å². The van der Waals surface area contributed by atoms with Crippen molar-refractivity contribution in [2.75, 3.05) is 23.4 Å². The maximum Gasteiger partial charge on any atom is 0.471 e. The van der Waals surface area contributed by atoms with Crippen molar-refractivity contribution >= 4 is 75.5 Å². The molecule has 2 atom stereocenters. The number of aromatic nitrogens is 5. The van der Waals surface area contributed by atoms with E-state index in [1.807, 2.05) is 0 Å². The van der Waals surface area contributed by atoms with Crippen LogP contribution in [0.5, 0.6) is 0 Å². The Hall–Kier alpha value is -4.45. The lowest BCUT2D eigenvalue weighted by Gasteiger charge is -2.49. The number of fused-ring (bicyclic) bond motifs is 1. The molecule has 1 aliphatic carbocycles. The van der Waals surface area contributed by atoms with Gasteiger partial charge in [-0.05, 0) is 68.9 Å². The van der Waals surface area contributed by atoms with Crippen LogP contribution in [-0.2, 0) is 35.3 Å². The summed E-state index contributed by atoms with van der Waals surface area (Å²) in [5.41, 5.74) is -1.08. The third-order valence-corrected chi connectivity index (χ3v) is 10.8. The summed E-state index contributed by atoms with van der Waals surface area (Å²) in [6.45, 7) is 5.90. The van der Waals surface area contributed by atoms with Gasteiger partial charge in [0.05, 0.1) is 0 Å². The summed E-state index contributed by atoms with van der Waals surface area (Å²) >= 11 is 3.01. The Kier molecular flexibility index (Phi) is 12.5. The number of alkyl carbamates (subject to hydrolysis) is 1. The van der Waals surface area contributed by atoms with Gasteiger partial charge in [-0.2, -0.15) is 13.2 Å². The van der Waals surface area contributed by atoms with E-state index in [4.69, 9.17) is 9.57 Å². The number of hydrogen-bond donors (Lipinski definition) is 4. The van der Waals surface area contributed by atoms with Crippen LogP contribution in [0.3, 0.4) is 0 Å². The minimum atomic E-state index is -5.16. The molecule has 1 unspecified atom stereocenters. The molecule has 4 N–H and O–H groups in total. The molecule has 288 valence electrons. The van der Waals surface area contributed by atoms with Crippen LogP contribution in [0.1, 0.15) is 58.6 Å². The topological polar surface area (TPSA) is 232 Å². The van der Waals surface area contributed by atoms with Gasteiger partial charge in [-0.3, -0.25) is 24.6 Å². The Balaban J connectivity index is 1.22. The van der Waals surface area contributed by atoms with Crippen molar-refractivity contribution in [1.29, 1.82) is 0 Å². The molecular formula is C29H35F3N10O8S3. The number of oxime groups is 1. The van der Waals surface area contributed by atoms with Gasteiger partial charge in [-0.15, -0.1) is 28.2 Å². The predicted octanol–water partition coefficient (Wildman–Crippen LogP) is 2.74. The number of carbonyl (C=O) groups excluding carboxylic acids is 4. The number of halogens is 3. The lowest BCUT2D eigenvalue weighted by molar-refractivity contribution is -0.167. The van der Waals surface area contributed by atoms with Crippen LogP contribution in [0.2, 0.25) is 0 Å². The molecular weight excluding hydrogens is 770 g/mol. The van der Waals surface area contributed by atoms with Crippen LogP contribution in [0, 0.1) is 0 Å². The number of alkyl halides is 3. The number of ether oxygens (including phenoxy) is 1. The summed E-state index contributed by atoms with van der Waals surface area (Å²) in [6, 6.07) is -1.17. The van der Waals surface area contributed by atoms with Crippen LogP contribution in [-0.4, -0.2) is 118 Å². The van der Waals surface area contributed by atoms with Gasteiger partial charge in [-0.25, -0.2) is 19.3 Å². The first kappa shape index (κ1) is 39.8. The molecule has 53 heavy (non-hydrogen) atoms. The second-order valence-corrected chi connectivity index (χ2v) is 15.7. The molecule has 4 amide bonds. The molecule has 1 saturated heterocycles. The first-order valence-corrected chi connectivity index (χ1v) is 19.1. The van der Waals surface area contributed by atoms with E-state index in [1.54, 1.807) is 26.1 Å². The molecule has 3 aliphatic rings. The molecule has 2 aromatic rings. The van der Waals surface area contributed by atoms with E-state index in [-0.39, 0.29) is 29.0 Å². The van der Waals surface area contributed by atoms with Crippen molar-refractivity contribution in [3.63, 3.8) is 0 Å². The fourth-order valence-corrected chi connectivity index (χ4v) is 8.34. The Morgan fingerprint density at radius 1 is 1.17 bits per heavy atom. The number of carbonyl (C=O) groups is 5. The Bertz CT molecular complexity index is 1790. The monoisotopic (exact) mass is 804 g/mol. The number of aliphatic carboxylic acids is 1. The lowest BCUT2D eigenvalue weighted by Crippen LogP contribution is -2.71. The summed E-state index contributed by atoms with van der Waals surface area (Å²) < 4.78 is 45.0. The molecule has 18 nitrogen and oxygen atoms in total. The minimum absolute atomic E-state index is 0.130. The predicted molar refractivity (Wildman–Crippen MR) is 184 cm³/mol. The number of thioether (sulfide) groups is 2. The highest BCUT2D eigenvalue weighted by molar-refractivity contribution is 8.01. The smallest absolute Gasteiger partial charge is 0.471 e. The average Bonchev–Trinajstić information content (AvgIpc) is 3.86. The standard InChI is InChI=1S/C29H35F3N10O8S3/c1-28(2,3)49-27(48)33-9-6-10-41-26(37-39-40-41)53-12-14-11-51-22-18(21(44)42(22)19(14)23(45)46)35-20(43)17(38-50-15-7-4-5-8-15)16-13-52-25(34-16)36-24(47)29(30,31)32/h13,15,18,22H,4-12H2,1-3H3,(H,33,48)(H,35,43)(H,45,46)(H,34,36,47)/b38-17+/t18?,22-/m1/s1. The quantitative estimate of drug-likeness (QED) is 0.0708. The second-order valence-electron chi connectivity index (χ2n) is 12.8. The molecule has 0 bridgehead atoms. The van der Waals surface area contributed by atoms with Crippen molar-refractivity contribution in [2.45, 2.75) is 93.9 Å². The summed E-state index contributed by atoms with van der Waals surface area (Å²) in [4.78, 5) is 73.1. The van der Waals surface area contributed by atoms with Gasteiger partial charge in [0.15, 0.2) is 10.8 Å². The first-order chi connectivity index (χ1) is 25.0. The molecule has 0 aromatic carbocycles. The Labute approximate surface area is 312 Å². The number of nitrogens with zero attached hydrogens (tertiary/aromatic N) is 7. The van der Waals surface area contributed by atoms with E-state index >= 15 is 0 Å². The Morgan fingerprint density at radius 3 is 2.58 bits per heavy atom. The van der Waals surface area contributed by atoms with Crippen molar-refractivity contribution < 1.29 is 51.8 Å². The van der Waals surface area contributed by atoms with E-state index in [0.29, 0.717) is 54.4 Å². The number of thiazole rings is 1. The fourth-order valence-electron chi connectivity index (χ4n) is 5.26. The van der Waals surface area contributed by atoms with Gasteiger partial charge < -0.3 is 25.3 Å². The van der Waals surface area contributed by atoms with Crippen LogP contribution in [0.4, 0.5) is 23.1 Å². The zero-order chi connectivity index (χ0) is 38.5. The number of aryl methyl sites for hydroxylation is 1. The van der Waals surface area contributed by atoms with E-state index in [1.165, 1.54) is 33.6 Å². The highest BCUT2D eigenvalue weighted by atomic mass is 32.2. The first-order valence-electron chi connectivity index (χ1n) is 16.2. The van der Waals surface area contributed by atoms with Crippen LogP contribution in [0.25, 0.3) is 0 Å². The van der Waals surface area contributed by atoms with Gasteiger partial charge in [0.25, 0.3) is 11.8 Å². The largest absolute Gasteiger partial charge is 0.477 e. The Morgan fingerprint density at radius 2 is 1.91 bits per heavy atom. The third-order valence-electron chi connectivity index (χ3n) is 7.66. The zero-order valence-corrected chi connectivity index (χ0v) is 30.9. The van der Waals surface area contributed by atoms with Gasteiger partial charge in [-0.1, -0.05) is 16.9 Å². The van der Waals surface area contributed by atoms with E-state index in [2.05, 4.69) is 36.3 Å². The number of amides is 4. The van der Waals surface area contributed by atoms with Crippen molar-refractivity contribution in [3.05, 3.63) is 22.3 Å². The molecule has 4 heterocycles. The highest BCUT2D eigenvalue weighted by Crippen LogP contribution is 2.41. The molecule has 24 heteroatoms. The van der Waals surface area contributed by atoms with Crippen molar-refractivity contribution in [3.8, 4) is 0 Å². The molecule has 2 fully saturated rings. The summed E-state index contributed by atoms with van der Waals surface area (Å²) in [6.07, 6.45) is -2.45. The number of β-lactam (4-membered cyclic amide) rings is 1. The second kappa shape index (κ2) is 16.7. The average molecular weight is 805 g/mol. The molecule has 0 spiro atoms. The van der Waals surface area contributed by atoms with Crippen LogP contribution >= 0.6 is 34.9 Å². The van der Waals surface area contributed by atoms with Gasteiger partial charge in [0.2, 0.25) is 5.16 Å². The fraction of sp³-hybridized carbons (Fsp3) is 0.586. The van der Waals surface area contributed by atoms with Crippen molar-refractivity contribution in [2.24, 2.45) is 5.16 Å². The SMILES string of the molecule is CC(C)(C)OC(=O)NCCCn1nnnc1SCC1=C(C(=O)O)N2C(=O)C(NC(=O)/C(=N/OC3CCCC3)c3csc(NC(=O)C(F)(F)F)n3)[C@H]2SC1. The van der Waals surface area contributed by atoms with E-state index in [0.717, 1.165) is 17.7 Å². The maximum absolute atomic E-state index is 13.5. The summed E-state index contributed by atoms with van der Waals surface area (Å²) in [7, 11) is 0. The number of hydrogen-bond acceptors (Lipinski definition) is 15. The summed E-state index contributed by atoms with van der Waals surface area (Å²) in [5.74, 6) is -4.91. The molecule has 2 aromatic heterocycles. The minimum Gasteiger partial charge on any atom is -0.477 e. The van der Waals surface area contributed by atoms with Crippen LogP contribution < -0.4 is 16.0 Å². The molecule has 2 aliphatic heterocycles. The highest BCUT2D eigenvalue weighted by Gasteiger charge is 2.54. The number of anilines is 1. The molecule has 1 saturated carbocycles. The van der Waals surface area contributed by atoms with Gasteiger partial charge >= 0.3 is 24.1 Å². The number of nitrogens with one attached hydrogen (secondary N) is 3. The number of carboxylic acid groups (broad SMARTS) is 1. The number of rotatable bonds is 14. The third kappa shape index (κ3) is 10.2. The number of carboxylic acids is 1. The van der Waals surface area contributed by atoms with Crippen LogP contribution in [0.15, 0.2) is 27.0 Å². The normalized spacial score (nSPS) is 19.4. The molecule has 5 rings (SSSR count). The molecule has 0 radical (unpaired) electrons. The van der Waals surface area contributed by atoms with Gasteiger partial charge in [0, 0.05) is 30.0 Å². The lowest BCUT2D eigenvalue weighted by atomic mass is 10.0. The van der Waals surface area contributed by atoms with E-state index in [9.17, 15) is 42.3 Å². The maximum atomic E-state index is 13.5. The zero-order valence-electron chi connectivity index (χ0n) is 28.5. The number of tetrazole rings is 1. The summed E-state index contributed by atoms with van der Waals surface area (Å²) in [5, 5.41) is 32.9.